The predicted octanol–water partition coefficient (Wildman–Crippen LogP) is -0.176. The number of nitrogens with one attached hydrogen (secondary N) is 1. The van der Waals surface area contributed by atoms with Crippen molar-refractivity contribution in [2.75, 3.05) is 0 Å². The minimum absolute atomic E-state index is 0.152. The number of aromatic nitrogens is 4. The van der Waals surface area contributed by atoms with Gasteiger partial charge in [-0.05, 0) is 17.6 Å². The molecule has 0 amide bonds. The summed E-state index contributed by atoms with van der Waals surface area (Å²) in [7, 11) is 1.86. The normalized spacial score (nSPS) is 13.0. The lowest BCUT2D eigenvalue weighted by atomic mass is 10.2. The number of hydrogen-bond donors (Lipinski definition) is 2. The summed E-state index contributed by atoms with van der Waals surface area (Å²) in [5.41, 5.74) is 4.46. The van der Waals surface area contributed by atoms with Crippen LogP contribution >= 0.6 is 11.5 Å². The Kier molecular flexibility index (Phi) is 2.53. The van der Waals surface area contributed by atoms with E-state index in [0.29, 0.717) is 0 Å². The maximum Gasteiger partial charge on any atom is 0.108 e. The molecule has 1 atom stereocenters. The van der Waals surface area contributed by atoms with E-state index < -0.39 is 0 Å². The molecule has 0 aliphatic carbocycles. The quantitative estimate of drug-likeness (QED) is 0.542. The van der Waals surface area contributed by atoms with Crippen LogP contribution in [-0.2, 0) is 7.05 Å². The Bertz CT molecular complexity index is 394. The van der Waals surface area contributed by atoms with Crippen molar-refractivity contribution in [1.29, 1.82) is 0 Å². The van der Waals surface area contributed by atoms with Crippen LogP contribution in [-0.4, -0.2) is 19.4 Å². The number of nitrogens with zero attached hydrogens (tertiary/aromatic N) is 4. The molecular formula is C7H10N6S. The van der Waals surface area contributed by atoms with Gasteiger partial charge in [-0.1, -0.05) is 4.49 Å². The Morgan fingerprint density at radius 1 is 1.64 bits per heavy atom. The van der Waals surface area contributed by atoms with Crippen molar-refractivity contribution in [3.8, 4) is 0 Å². The van der Waals surface area contributed by atoms with Gasteiger partial charge in [0, 0.05) is 18.6 Å². The van der Waals surface area contributed by atoms with Crippen LogP contribution in [0.2, 0.25) is 0 Å². The van der Waals surface area contributed by atoms with Gasteiger partial charge in [0.25, 0.3) is 0 Å². The molecule has 7 heteroatoms. The SMILES string of the molecule is Cn1nccc1C(NN)c1csnn1. The highest BCUT2D eigenvalue weighted by Gasteiger charge is 2.17. The fourth-order valence-electron chi connectivity index (χ4n) is 1.29. The van der Waals surface area contributed by atoms with Gasteiger partial charge in [-0.25, -0.2) is 5.43 Å². The first-order valence-electron chi connectivity index (χ1n) is 4.04. The third-order valence-electron chi connectivity index (χ3n) is 1.99. The average molecular weight is 210 g/mol. The highest BCUT2D eigenvalue weighted by Crippen LogP contribution is 2.18. The Morgan fingerprint density at radius 3 is 3.00 bits per heavy atom. The molecule has 6 nitrogen and oxygen atoms in total. The summed E-state index contributed by atoms with van der Waals surface area (Å²) >= 11 is 1.30. The van der Waals surface area contributed by atoms with Crippen molar-refractivity contribution >= 4 is 11.5 Å². The number of aryl methyl sites for hydroxylation is 1. The van der Waals surface area contributed by atoms with E-state index in [2.05, 4.69) is 20.1 Å². The fourth-order valence-corrected chi connectivity index (χ4v) is 1.77. The van der Waals surface area contributed by atoms with Gasteiger partial charge in [0.05, 0.1) is 11.4 Å². The van der Waals surface area contributed by atoms with E-state index in [9.17, 15) is 0 Å². The summed E-state index contributed by atoms with van der Waals surface area (Å²) in [6, 6.07) is 1.74. The van der Waals surface area contributed by atoms with Crippen LogP contribution < -0.4 is 11.3 Å². The van der Waals surface area contributed by atoms with Crippen molar-refractivity contribution in [3.63, 3.8) is 0 Å². The highest BCUT2D eigenvalue weighted by molar-refractivity contribution is 7.03. The summed E-state index contributed by atoms with van der Waals surface area (Å²) < 4.78 is 5.55. The summed E-state index contributed by atoms with van der Waals surface area (Å²) in [5, 5.41) is 9.90. The summed E-state index contributed by atoms with van der Waals surface area (Å²) in [4.78, 5) is 0. The summed E-state index contributed by atoms with van der Waals surface area (Å²) in [6.45, 7) is 0. The molecule has 0 saturated heterocycles. The van der Waals surface area contributed by atoms with Gasteiger partial charge in [0.15, 0.2) is 0 Å². The van der Waals surface area contributed by atoms with E-state index >= 15 is 0 Å². The second kappa shape index (κ2) is 3.82. The molecular weight excluding hydrogens is 200 g/mol. The van der Waals surface area contributed by atoms with E-state index in [1.807, 2.05) is 18.5 Å². The van der Waals surface area contributed by atoms with Crippen LogP contribution in [0.25, 0.3) is 0 Å². The maximum absolute atomic E-state index is 5.47. The number of hydrazine groups is 1. The minimum Gasteiger partial charge on any atom is -0.271 e. The predicted molar refractivity (Wildman–Crippen MR) is 52.3 cm³/mol. The molecule has 14 heavy (non-hydrogen) atoms. The molecule has 3 N–H and O–H groups in total. The monoisotopic (exact) mass is 210 g/mol. The van der Waals surface area contributed by atoms with Gasteiger partial charge in [-0.3, -0.25) is 10.5 Å². The molecule has 74 valence electrons. The molecule has 2 aromatic rings. The van der Waals surface area contributed by atoms with Crippen LogP contribution in [0.15, 0.2) is 17.6 Å². The standard InChI is InChI=1S/C7H10N6S/c1-13-6(2-3-9-13)7(10-8)5-4-14-12-11-5/h2-4,7,10H,8H2,1H3. The van der Waals surface area contributed by atoms with E-state index in [-0.39, 0.29) is 6.04 Å². The second-order valence-electron chi connectivity index (χ2n) is 2.81. The van der Waals surface area contributed by atoms with Crippen LogP contribution in [0, 0.1) is 0 Å². The van der Waals surface area contributed by atoms with Gasteiger partial charge in [0.2, 0.25) is 0 Å². The molecule has 0 aliphatic heterocycles. The van der Waals surface area contributed by atoms with Crippen molar-refractivity contribution < 1.29 is 0 Å². The Balaban J connectivity index is 2.36. The lowest BCUT2D eigenvalue weighted by Gasteiger charge is -2.12. The Labute approximate surface area is 84.9 Å². The van der Waals surface area contributed by atoms with Crippen LogP contribution in [0.1, 0.15) is 17.4 Å². The number of nitrogens with two attached hydrogens (primary N) is 1. The highest BCUT2D eigenvalue weighted by atomic mass is 32.1. The third kappa shape index (κ3) is 1.52. The molecule has 0 aromatic carbocycles. The van der Waals surface area contributed by atoms with E-state index in [4.69, 9.17) is 5.84 Å². The van der Waals surface area contributed by atoms with Crippen molar-refractivity contribution in [2.24, 2.45) is 12.9 Å². The Morgan fingerprint density at radius 2 is 2.50 bits per heavy atom. The molecule has 2 aromatic heterocycles. The molecule has 1 unspecified atom stereocenters. The van der Waals surface area contributed by atoms with Gasteiger partial charge in [-0.15, -0.1) is 5.10 Å². The van der Waals surface area contributed by atoms with Crippen molar-refractivity contribution in [2.45, 2.75) is 6.04 Å². The molecule has 0 fully saturated rings. The first-order valence-corrected chi connectivity index (χ1v) is 4.87. The van der Waals surface area contributed by atoms with E-state index in [0.717, 1.165) is 11.4 Å². The van der Waals surface area contributed by atoms with E-state index in [1.165, 1.54) is 11.5 Å². The lowest BCUT2D eigenvalue weighted by molar-refractivity contribution is 0.563. The third-order valence-corrected chi connectivity index (χ3v) is 2.52. The van der Waals surface area contributed by atoms with Gasteiger partial charge < -0.3 is 0 Å². The second-order valence-corrected chi connectivity index (χ2v) is 3.42. The van der Waals surface area contributed by atoms with Gasteiger partial charge in [-0.2, -0.15) is 5.10 Å². The fraction of sp³-hybridized carbons (Fsp3) is 0.286. The largest absolute Gasteiger partial charge is 0.271 e. The average Bonchev–Trinajstić information content (AvgIpc) is 2.80. The summed E-state index contributed by atoms with van der Waals surface area (Å²) in [6.07, 6.45) is 1.72. The van der Waals surface area contributed by atoms with Gasteiger partial charge in [0.1, 0.15) is 6.04 Å². The molecule has 0 saturated carbocycles. The van der Waals surface area contributed by atoms with E-state index in [1.54, 1.807) is 10.9 Å². The first kappa shape index (κ1) is 9.25. The van der Waals surface area contributed by atoms with Crippen molar-refractivity contribution in [3.05, 3.63) is 29.0 Å². The zero-order valence-electron chi connectivity index (χ0n) is 7.58. The summed E-state index contributed by atoms with van der Waals surface area (Å²) in [5.74, 6) is 5.47. The number of hydrogen-bond acceptors (Lipinski definition) is 6. The topological polar surface area (TPSA) is 81.7 Å². The molecule has 0 bridgehead atoms. The molecule has 0 aliphatic rings. The minimum atomic E-state index is -0.152. The van der Waals surface area contributed by atoms with Crippen LogP contribution in [0.5, 0.6) is 0 Å². The van der Waals surface area contributed by atoms with Crippen molar-refractivity contribution in [1.82, 2.24) is 24.8 Å². The van der Waals surface area contributed by atoms with Gasteiger partial charge >= 0.3 is 0 Å². The zero-order chi connectivity index (χ0) is 9.97. The lowest BCUT2D eigenvalue weighted by Crippen LogP contribution is -2.30. The first-order chi connectivity index (χ1) is 6.83. The smallest absolute Gasteiger partial charge is 0.108 e. The van der Waals surface area contributed by atoms with Crippen LogP contribution in [0.4, 0.5) is 0 Å². The van der Waals surface area contributed by atoms with Crippen LogP contribution in [0.3, 0.4) is 0 Å². The Hall–Kier alpha value is -1.31. The number of rotatable bonds is 3. The molecule has 0 radical (unpaired) electrons. The maximum atomic E-state index is 5.47. The molecule has 2 heterocycles. The molecule has 0 spiro atoms. The zero-order valence-corrected chi connectivity index (χ0v) is 8.40. The molecule has 2 rings (SSSR count).